The van der Waals surface area contributed by atoms with Crippen molar-refractivity contribution in [1.29, 1.82) is 0 Å². The number of hydrogen-bond donors (Lipinski definition) is 2. The molecule has 6 nitrogen and oxygen atoms in total. The summed E-state index contributed by atoms with van der Waals surface area (Å²) in [6.07, 6.45) is 0. The Hall–Kier alpha value is -2.46. The Morgan fingerprint density at radius 2 is 1.79 bits per heavy atom. The first kappa shape index (κ1) is 23.7. The molecule has 1 fully saturated rings. The lowest BCUT2D eigenvalue weighted by atomic mass is 10.2. The molecule has 2 N–H and O–H groups in total. The van der Waals surface area contributed by atoms with Gasteiger partial charge >= 0.3 is 0 Å². The molecule has 0 saturated carbocycles. The van der Waals surface area contributed by atoms with Gasteiger partial charge in [0.15, 0.2) is 5.11 Å². The fourth-order valence-electron chi connectivity index (χ4n) is 3.53. The van der Waals surface area contributed by atoms with E-state index in [4.69, 9.17) is 23.8 Å². The molecule has 0 spiro atoms. The highest BCUT2D eigenvalue weighted by Crippen LogP contribution is 2.30. The number of nitrogens with one attached hydrogen (secondary N) is 2. The van der Waals surface area contributed by atoms with Crippen LogP contribution in [0, 0.1) is 0 Å². The number of amides is 2. The molecule has 2 aromatic carbocycles. The third-order valence-electron chi connectivity index (χ3n) is 5.19. The lowest BCUT2D eigenvalue weighted by Crippen LogP contribution is -2.48. The monoisotopic (exact) mass is 562 g/mol. The molecule has 0 radical (unpaired) electrons. The minimum atomic E-state index is -0.308. The maximum Gasteiger partial charge on any atom is 0.264 e. The zero-order chi connectivity index (χ0) is 23.4. The number of carbonyl (C=O) groups is 2. The van der Waals surface area contributed by atoms with E-state index in [9.17, 15) is 9.59 Å². The molecule has 1 aliphatic rings. The van der Waals surface area contributed by atoms with E-state index in [1.54, 1.807) is 24.3 Å². The Morgan fingerprint density at radius 1 is 1.03 bits per heavy atom. The van der Waals surface area contributed by atoms with Crippen molar-refractivity contribution in [2.24, 2.45) is 0 Å². The zero-order valence-electron chi connectivity index (χ0n) is 17.4. The van der Waals surface area contributed by atoms with Crippen LogP contribution in [0.25, 0.3) is 0 Å². The van der Waals surface area contributed by atoms with Gasteiger partial charge < -0.3 is 15.1 Å². The summed E-state index contributed by atoms with van der Waals surface area (Å²) in [5.74, 6) is -0.231. The summed E-state index contributed by atoms with van der Waals surface area (Å²) in [5, 5.41) is 8.33. The topological polar surface area (TPSA) is 64.7 Å². The van der Waals surface area contributed by atoms with Crippen LogP contribution in [0.3, 0.4) is 0 Å². The van der Waals surface area contributed by atoms with E-state index in [2.05, 4.69) is 31.5 Å². The van der Waals surface area contributed by atoms with Gasteiger partial charge in [0.2, 0.25) is 0 Å². The quantitative estimate of drug-likeness (QED) is 0.425. The van der Waals surface area contributed by atoms with Gasteiger partial charge in [0, 0.05) is 36.3 Å². The van der Waals surface area contributed by atoms with Gasteiger partial charge in [-0.3, -0.25) is 14.9 Å². The lowest BCUT2D eigenvalue weighted by Gasteiger charge is -2.36. The molecule has 3 aromatic rings. The van der Waals surface area contributed by atoms with Crippen LogP contribution in [0.5, 0.6) is 0 Å². The Kier molecular flexibility index (Phi) is 7.64. The van der Waals surface area contributed by atoms with Crippen molar-refractivity contribution in [1.82, 2.24) is 10.2 Å². The average Bonchev–Trinajstić information content (AvgIpc) is 3.34. The number of halogens is 2. The lowest BCUT2D eigenvalue weighted by molar-refractivity contribution is 0.0751. The molecule has 1 aliphatic heterocycles. The fraction of sp³-hybridized carbons (Fsp3) is 0.174. The normalized spacial score (nSPS) is 13.5. The summed E-state index contributed by atoms with van der Waals surface area (Å²) in [7, 11) is 0. The molecule has 1 saturated heterocycles. The second kappa shape index (κ2) is 10.6. The number of rotatable bonds is 4. The first-order valence-corrected chi connectivity index (χ1v) is 12.6. The van der Waals surface area contributed by atoms with Gasteiger partial charge in [-0.15, -0.1) is 11.3 Å². The number of nitrogens with zero attached hydrogens (tertiary/aromatic N) is 2. The summed E-state index contributed by atoms with van der Waals surface area (Å²) in [5.41, 5.74) is 2.06. The number of anilines is 2. The van der Waals surface area contributed by atoms with Crippen LogP contribution in [-0.2, 0) is 0 Å². The molecule has 0 atom stereocenters. The van der Waals surface area contributed by atoms with Crippen LogP contribution in [0.2, 0.25) is 5.02 Å². The van der Waals surface area contributed by atoms with Gasteiger partial charge in [0.25, 0.3) is 11.8 Å². The number of thiocarbonyl (C=S) groups is 1. The molecule has 10 heteroatoms. The summed E-state index contributed by atoms with van der Waals surface area (Å²) >= 11 is 16.7. The highest BCUT2D eigenvalue weighted by atomic mass is 79.9. The van der Waals surface area contributed by atoms with Gasteiger partial charge in [0.1, 0.15) is 0 Å². The third-order valence-corrected chi connectivity index (χ3v) is 7.25. The number of hydrogen-bond acceptors (Lipinski definition) is 5. The van der Waals surface area contributed by atoms with Crippen molar-refractivity contribution in [2.45, 2.75) is 0 Å². The van der Waals surface area contributed by atoms with E-state index in [1.165, 1.54) is 11.3 Å². The van der Waals surface area contributed by atoms with Gasteiger partial charge in [-0.25, -0.2) is 0 Å². The van der Waals surface area contributed by atoms with Crippen LogP contribution < -0.4 is 15.5 Å². The molecule has 4 rings (SSSR count). The second-order valence-corrected chi connectivity index (χ2v) is 9.93. The van der Waals surface area contributed by atoms with Gasteiger partial charge in [0.05, 0.1) is 21.2 Å². The van der Waals surface area contributed by atoms with Crippen LogP contribution in [0.1, 0.15) is 20.0 Å². The maximum absolute atomic E-state index is 12.5. The minimum absolute atomic E-state index is 0.0772. The summed E-state index contributed by atoms with van der Waals surface area (Å²) < 4.78 is 0.690. The van der Waals surface area contributed by atoms with E-state index in [-0.39, 0.29) is 16.9 Å². The van der Waals surface area contributed by atoms with Crippen molar-refractivity contribution in [2.75, 3.05) is 36.4 Å². The number of benzene rings is 2. The predicted molar refractivity (Wildman–Crippen MR) is 142 cm³/mol. The van der Waals surface area contributed by atoms with Crippen molar-refractivity contribution in [3.63, 3.8) is 0 Å². The summed E-state index contributed by atoms with van der Waals surface area (Å²) in [6, 6.07) is 16.4. The van der Waals surface area contributed by atoms with Gasteiger partial charge in [-0.2, -0.15) is 0 Å². The first-order chi connectivity index (χ1) is 15.9. The van der Waals surface area contributed by atoms with E-state index >= 15 is 0 Å². The Labute approximate surface area is 214 Å². The summed E-state index contributed by atoms with van der Waals surface area (Å²) in [4.78, 5) is 29.8. The largest absolute Gasteiger partial charge is 0.367 e. The molecular weight excluding hydrogens is 544 g/mol. The fourth-order valence-corrected chi connectivity index (χ4v) is 5.19. The minimum Gasteiger partial charge on any atom is -0.367 e. The molecule has 2 heterocycles. The predicted octanol–water partition coefficient (Wildman–Crippen LogP) is 5.25. The van der Waals surface area contributed by atoms with Crippen molar-refractivity contribution in [3.05, 3.63) is 79.9 Å². The van der Waals surface area contributed by atoms with Crippen molar-refractivity contribution in [3.8, 4) is 0 Å². The van der Waals surface area contributed by atoms with Crippen LogP contribution in [0.15, 0.2) is 64.5 Å². The molecule has 0 aliphatic carbocycles. The molecule has 0 unspecified atom stereocenters. The number of thiophene rings is 1. The Morgan fingerprint density at radius 3 is 2.45 bits per heavy atom. The number of piperazine rings is 1. The SMILES string of the molecule is O=C(NC(=S)Nc1ccc(N2CCN(C(=O)c3cccs3)CC2)c(Cl)c1)c1ccccc1Br. The molecule has 170 valence electrons. The molecule has 2 amide bonds. The van der Waals surface area contributed by atoms with E-state index in [1.807, 2.05) is 40.6 Å². The molecule has 0 bridgehead atoms. The average molecular weight is 564 g/mol. The van der Waals surface area contributed by atoms with Crippen LogP contribution in [-0.4, -0.2) is 48.0 Å². The second-order valence-electron chi connectivity index (χ2n) is 7.31. The first-order valence-electron chi connectivity index (χ1n) is 10.2. The standard InChI is InChI=1S/C23H20BrClN4O2S2/c24-17-5-2-1-4-16(17)21(30)27-23(32)26-15-7-8-19(18(25)14-15)28-9-11-29(12-10-28)22(31)20-6-3-13-33-20/h1-8,13-14H,9-12H2,(H2,26,27,30,32). The summed E-state index contributed by atoms with van der Waals surface area (Å²) in [6.45, 7) is 2.67. The molecular formula is C23H20BrClN4O2S2. The highest BCUT2D eigenvalue weighted by molar-refractivity contribution is 9.10. The van der Waals surface area contributed by atoms with Crippen molar-refractivity contribution < 1.29 is 9.59 Å². The molecule has 33 heavy (non-hydrogen) atoms. The maximum atomic E-state index is 12.5. The Bertz CT molecular complexity index is 1180. The van der Waals surface area contributed by atoms with E-state index in [0.29, 0.717) is 46.9 Å². The van der Waals surface area contributed by atoms with E-state index in [0.717, 1.165) is 10.6 Å². The smallest absolute Gasteiger partial charge is 0.264 e. The molecule has 1 aromatic heterocycles. The van der Waals surface area contributed by atoms with E-state index < -0.39 is 0 Å². The number of carbonyl (C=O) groups excluding carboxylic acids is 2. The van der Waals surface area contributed by atoms with Crippen LogP contribution >= 0.6 is 51.1 Å². The zero-order valence-corrected chi connectivity index (χ0v) is 21.4. The van der Waals surface area contributed by atoms with Gasteiger partial charge in [-0.05, 0) is 69.9 Å². The Balaban J connectivity index is 1.33. The third kappa shape index (κ3) is 5.73. The van der Waals surface area contributed by atoms with Crippen LogP contribution in [0.4, 0.5) is 11.4 Å². The highest BCUT2D eigenvalue weighted by Gasteiger charge is 2.24. The van der Waals surface area contributed by atoms with Crippen molar-refractivity contribution >= 4 is 79.4 Å². The van der Waals surface area contributed by atoms with Gasteiger partial charge in [-0.1, -0.05) is 29.8 Å².